The number of methoxy groups -OCH3 is 1. The van der Waals surface area contributed by atoms with Crippen LogP contribution in [0.2, 0.25) is 0 Å². The van der Waals surface area contributed by atoms with Crippen LogP contribution in [0.1, 0.15) is 40.8 Å². The Hall–Kier alpha value is -4.26. The quantitative estimate of drug-likeness (QED) is 0.275. The first kappa shape index (κ1) is 24.9. The van der Waals surface area contributed by atoms with Crippen molar-refractivity contribution in [1.29, 1.82) is 0 Å². The van der Waals surface area contributed by atoms with Gasteiger partial charge in [0.1, 0.15) is 11.5 Å². The number of aliphatic hydroxyl groups is 1. The van der Waals surface area contributed by atoms with Crippen LogP contribution in [0, 0.1) is 13.8 Å². The third-order valence-corrected chi connectivity index (χ3v) is 6.27. The average molecular weight is 488 g/mol. The van der Waals surface area contributed by atoms with E-state index in [2.05, 4.69) is 0 Å². The molecule has 1 atom stereocenters. The third-order valence-electron chi connectivity index (χ3n) is 6.27. The summed E-state index contributed by atoms with van der Waals surface area (Å²) in [6, 6.07) is 16.6. The molecule has 0 radical (unpaired) electrons. The lowest BCUT2D eigenvalue weighted by atomic mass is 9.93. The molecule has 186 valence electrons. The smallest absolute Gasteiger partial charge is 0.295 e. The van der Waals surface area contributed by atoms with Gasteiger partial charge in [-0.1, -0.05) is 35.9 Å². The van der Waals surface area contributed by atoms with Crippen molar-refractivity contribution in [3.63, 3.8) is 0 Å². The normalized spacial score (nSPS) is 16.9. The number of phenolic OH excluding ortho intramolecular Hbond substituents is 1. The number of ketones is 1. The molecule has 1 amide bonds. The molecule has 0 saturated carbocycles. The van der Waals surface area contributed by atoms with Crippen molar-refractivity contribution in [2.45, 2.75) is 33.4 Å². The highest BCUT2D eigenvalue weighted by Crippen LogP contribution is 2.43. The van der Waals surface area contributed by atoms with Crippen molar-refractivity contribution in [3.05, 3.63) is 94.1 Å². The van der Waals surface area contributed by atoms with Crippen molar-refractivity contribution >= 4 is 17.4 Å². The number of likely N-dealkylation sites (tertiary alicyclic amines) is 1. The Kier molecular flexibility index (Phi) is 7.01. The van der Waals surface area contributed by atoms with Crippen molar-refractivity contribution in [1.82, 2.24) is 4.90 Å². The van der Waals surface area contributed by atoms with E-state index >= 15 is 0 Å². The molecule has 36 heavy (non-hydrogen) atoms. The summed E-state index contributed by atoms with van der Waals surface area (Å²) >= 11 is 0. The Morgan fingerprint density at radius 2 is 1.81 bits per heavy atom. The highest BCUT2D eigenvalue weighted by molar-refractivity contribution is 6.46. The number of benzene rings is 3. The van der Waals surface area contributed by atoms with Gasteiger partial charge < -0.3 is 24.6 Å². The van der Waals surface area contributed by atoms with Crippen LogP contribution >= 0.6 is 0 Å². The number of aromatic hydroxyl groups is 1. The zero-order valence-electron chi connectivity index (χ0n) is 20.7. The molecule has 7 nitrogen and oxygen atoms in total. The second-order valence-corrected chi connectivity index (χ2v) is 8.76. The van der Waals surface area contributed by atoms with Gasteiger partial charge in [0.05, 0.1) is 25.3 Å². The van der Waals surface area contributed by atoms with Crippen LogP contribution in [0.4, 0.5) is 0 Å². The Labute approximate surface area is 210 Å². The van der Waals surface area contributed by atoms with Crippen LogP contribution in [0.5, 0.6) is 17.2 Å². The van der Waals surface area contributed by atoms with E-state index in [0.29, 0.717) is 23.5 Å². The lowest BCUT2D eigenvalue weighted by molar-refractivity contribution is -0.140. The van der Waals surface area contributed by atoms with E-state index in [9.17, 15) is 19.8 Å². The lowest BCUT2D eigenvalue weighted by Crippen LogP contribution is -2.29. The van der Waals surface area contributed by atoms with Gasteiger partial charge in [-0.15, -0.1) is 0 Å². The van der Waals surface area contributed by atoms with Crippen molar-refractivity contribution in [2.75, 3.05) is 13.7 Å². The molecule has 1 aliphatic rings. The summed E-state index contributed by atoms with van der Waals surface area (Å²) in [5, 5.41) is 21.7. The maximum atomic E-state index is 13.4. The van der Waals surface area contributed by atoms with Gasteiger partial charge in [0.25, 0.3) is 11.7 Å². The first-order valence-electron chi connectivity index (χ1n) is 11.7. The van der Waals surface area contributed by atoms with Crippen LogP contribution in [-0.2, 0) is 16.1 Å². The lowest BCUT2D eigenvalue weighted by Gasteiger charge is -2.26. The fraction of sp³-hybridized carbons (Fsp3) is 0.241. The third kappa shape index (κ3) is 4.64. The number of aliphatic hydroxyl groups excluding tert-OH is 1. The predicted octanol–water partition coefficient (Wildman–Crippen LogP) is 5.04. The van der Waals surface area contributed by atoms with Crippen molar-refractivity contribution < 1.29 is 29.3 Å². The molecule has 3 aromatic carbocycles. The molecule has 4 rings (SSSR count). The number of nitrogens with zero attached hydrogens (tertiary/aromatic N) is 1. The van der Waals surface area contributed by atoms with E-state index in [1.807, 2.05) is 38.1 Å². The van der Waals surface area contributed by atoms with Crippen molar-refractivity contribution in [3.8, 4) is 17.2 Å². The van der Waals surface area contributed by atoms with Crippen LogP contribution in [0.3, 0.4) is 0 Å². The van der Waals surface area contributed by atoms with Gasteiger partial charge in [-0.25, -0.2) is 0 Å². The summed E-state index contributed by atoms with van der Waals surface area (Å²) in [5.74, 6) is -0.931. The predicted molar refractivity (Wildman–Crippen MR) is 136 cm³/mol. The van der Waals surface area contributed by atoms with E-state index < -0.39 is 17.7 Å². The van der Waals surface area contributed by atoms with E-state index in [1.54, 1.807) is 44.4 Å². The van der Waals surface area contributed by atoms with Crippen LogP contribution in [-0.4, -0.2) is 40.5 Å². The van der Waals surface area contributed by atoms with Crippen molar-refractivity contribution in [2.24, 2.45) is 0 Å². The van der Waals surface area contributed by atoms with Gasteiger partial charge in [-0.05, 0) is 67.8 Å². The number of aryl methyl sites for hydroxylation is 2. The van der Waals surface area contributed by atoms with Crippen LogP contribution < -0.4 is 9.47 Å². The minimum absolute atomic E-state index is 0.00951. The fourth-order valence-electron chi connectivity index (χ4n) is 4.47. The molecule has 1 aliphatic heterocycles. The maximum absolute atomic E-state index is 13.4. The van der Waals surface area contributed by atoms with Gasteiger partial charge in [0.2, 0.25) is 0 Å². The standard InChI is InChI=1S/C29H29NO6/c1-5-36-24-15-20(11-12-23(24)31)26-25(27(32)22-13-17(2)9-10-18(22)3)28(33)29(34)30(26)16-19-7-6-8-21(14-19)35-4/h6-15,26,31-32H,5,16H2,1-4H3/b27-25+. The Bertz CT molecular complexity index is 1360. The number of hydrogen-bond donors (Lipinski definition) is 2. The van der Waals surface area contributed by atoms with Gasteiger partial charge in [-0.2, -0.15) is 0 Å². The van der Waals surface area contributed by atoms with Gasteiger partial charge in [0.15, 0.2) is 11.5 Å². The van der Waals surface area contributed by atoms with Crippen LogP contribution in [0.25, 0.3) is 5.76 Å². The molecular weight excluding hydrogens is 458 g/mol. The monoisotopic (exact) mass is 487 g/mol. The van der Waals surface area contributed by atoms with E-state index in [1.165, 1.54) is 11.0 Å². The number of rotatable bonds is 7. The molecule has 1 fully saturated rings. The Morgan fingerprint density at radius 1 is 1.03 bits per heavy atom. The average Bonchev–Trinajstić information content (AvgIpc) is 3.11. The molecule has 1 heterocycles. The number of carbonyl (C=O) groups is 2. The number of ether oxygens (including phenoxy) is 2. The number of hydrogen-bond acceptors (Lipinski definition) is 6. The second kappa shape index (κ2) is 10.2. The summed E-state index contributed by atoms with van der Waals surface area (Å²) in [6.45, 7) is 5.96. The summed E-state index contributed by atoms with van der Waals surface area (Å²) in [4.78, 5) is 28.2. The number of Topliss-reactive ketones (excluding diaryl/α,β-unsaturated/α-hetero) is 1. The molecule has 2 N–H and O–H groups in total. The molecule has 3 aromatic rings. The first-order valence-corrected chi connectivity index (χ1v) is 11.7. The minimum Gasteiger partial charge on any atom is -0.507 e. The van der Waals surface area contributed by atoms with E-state index in [0.717, 1.165) is 16.7 Å². The topological polar surface area (TPSA) is 96.3 Å². The zero-order valence-corrected chi connectivity index (χ0v) is 20.7. The highest BCUT2D eigenvalue weighted by atomic mass is 16.5. The fourth-order valence-corrected chi connectivity index (χ4v) is 4.47. The maximum Gasteiger partial charge on any atom is 0.295 e. The molecular formula is C29H29NO6. The SMILES string of the molecule is CCOc1cc(C2/C(=C(\O)c3cc(C)ccc3C)C(=O)C(=O)N2Cc2cccc(OC)c2)ccc1O. The molecule has 0 aliphatic carbocycles. The van der Waals surface area contributed by atoms with Gasteiger partial charge in [0, 0.05) is 12.1 Å². The first-order chi connectivity index (χ1) is 17.2. The molecule has 7 heteroatoms. The van der Waals surface area contributed by atoms with E-state index in [4.69, 9.17) is 9.47 Å². The largest absolute Gasteiger partial charge is 0.507 e. The van der Waals surface area contributed by atoms with Gasteiger partial charge >= 0.3 is 0 Å². The number of carbonyl (C=O) groups excluding carboxylic acids is 2. The summed E-state index contributed by atoms with van der Waals surface area (Å²) < 4.78 is 10.9. The molecule has 1 unspecified atom stereocenters. The van der Waals surface area contributed by atoms with Gasteiger partial charge in [-0.3, -0.25) is 9.59 Å². The second-order valence-electron chi connectivity index (χ2n) is 8.76. The number of amides is 1. The highest BCUT2D eigenvalue weighted by Gasteiger charge is 2.46. The Morgan fingerprint density at radius 3 is 2.53 bits per heavy atom. The molecule has 0 aromatic heterocycles. The summed E-state index contributed by atoms with van der Waals surface area (Å²) in [6.07, 6.45) is 0. The number of phenols is 1. The molecule has 0 spiro atoms. The zero-order chi connectivity index (χ0) is 26.0. The molecule has 0 bridgehead atoms. The summed E-state index contributed by atoms with van der Waals surface area (Å²) in [7, 11) is 1.56. The van der Waals surface area contributed by atoms with Crippen LogP contribution in [0.15, 0.2) is 66.2 Å². The summed E-state index contributed by atoms with van der Waals surface area (Å²) in [5.41, 5.74) is 3.46. The minimum atomic E-state index is -0.893. The Balaban J connectivity index is 1.91. The molecule has 1 saturated heterocycles. The van der Waals surface area contributed by atoms with E-state index in [-0.39, 0.29) is 29.4 Å².